The van der Waals surface area contributed by atoms with Gasteiger partial charge in [-0.15, -0.1) is 0 Å². The van der Waals surface area contributed by atoms with Crippen LogP contribution in [0.25, 0.3) is 10.9 Å². The molecule has 30 nitrogen and oxygen atoms in total. The number of aromatic amines is 1. The Morgan fingerprint density at radius 1 is 0.727 bits per heavy atom. The number of β-amino-alcohol motifs (C(OH)–C–C–N with tert-alkyl or cyclic N) is 1. The fourth-order valence-corrected chi connectivity index (χ4v) is 9.86. The van der Waals surface area contributed by atoms with Crippen molar-refractivity contribution in [2.45, 2.75) is 127 Å². The lowest BCUT2D eigenvalue weighted by Crippen LogP contribution is -2.61. The number of benzene rings is 3. The van der Waals surface area contributed by atoms with Crippen molar-refractivity contribution in [3.63, 3.8) is 0 Å². The number of nitrogens with two attached hydrogens (primary N) is 2. The Hall–Kier alpha value is -9.84. The van der Waals surface area contributed by atoms with Crippen LogP contribution < -0.4 is 64.9 Å². The summed E-state index contributed by atoms with van der Waals surface area (Å²) >= 11 is 0. The van der Waals surface area contributed by atoms with Gasteiger partial charge in [0.2, 0.25) is 53.2 Å². The number of hydrogen-bond donors (Lipinski definition) is 17. The molecule has 2 heterocycles. The number of nitrogens with zero attached hydrogens (tertiary/aromatic N) is 2. The van der Waals surface area contributed by atoms with Gasteiger partial charge < -0.3 is 84.1 Å². The molecule has 9 atom stereocenters. The summed E-state index contributed by atoms with van der Waals surface area (Å²) in [6.45, 7) is 3.47. The first kappa shape index (κ1) is 68.9. The fourth-order valence-electron chi connectivity index (χ4n) is 9.86. The summed E-state index contributed by atoms with van der Waals surface area (Å²) in [4.78, 5) is 154. The second-order valence-corrected chi connectivity index (χ2v) is 21.7. The number of H-pyrrole nitrogens is 1. The quantitative estimate of drug-likeness (QED) is 0.0106. The Morgan fingerprint density at radius 3 is 1.99 bits per heavy atom. The van der Waals surface area contributed by atoms with Crippen molar-refractivity contribution >= 4 is 82.0 Å². The number of likely N-dealkylation sites (N-methyl/N-ethyl adjacent to an activating group) is 1. The average Bonchev–Trinajstić information content (AvgIpc) is 1.98. The third-order valence-corrected chi connectivity index (χ3v) is 14.4. The zero-order valence-corrected chi connectivity index (χ0v) is 49.5. The Labute approximate surface area is 507 Å². The van der Waals surface area contributed by atoms with Crippen molar-refractivity contribution < 1.29 is 68.1 Å². The fraction of sp³-hybridized carbons (Fsp3) is 0.448. The minimum Gasteiger partial charge on any atom is -0.508 e. The van der Waals surface area contributed by atoms with Crippen LogP contribution in [0.4, 0.5) is 4.79 Å². The Kier molecular flexibility index (Phi) is 26.0. The van der Waals surface area contributed by atoms with Gasteiger partial charge >= 0.3 is 6.03 Å². The van der Waals surface area contributed by atoms with E-state index in [4.69, 9.17) is 16.9 Å². The number of phenols is 1. The molecular weight excluding hydrogens is 1140 g/mol. The molecule has 0 bridgehead atoms. The molecule has 4 aromatic rings. The highest BCUT2D eigenvalue weighted by molar-refractivity contribution is 5.99. The standard InChI is InChI=1S/C58H80N16O14/c1-31(2)22-42(51(82)66-40(16-11-21-63-57(61)62-4)50(81)67-41(49(60)80)25-35-28-64-39-15-10-9-14-38(35)39)70-58(88)72-71-52(83)43(23-33-12-7-6-8-13-33)68-54(85)47(30-75)73(5)55(86)45(27-48(59)79)69-53(84)46-26-37(78)29-74(46)56(87)44(65-32(3)76)24-34-17-19-36(77)20-18-34/h6-10,12-15,17-20,28,31,37,40-47,64,75,77-78H,11,16,21-27,29-30H2,1-5H3,(H2,59,79)(H2,60,80)(H,65,76)(H,66,82)(H,67,81)(H,68,85)(H,69,84)(H,71,83)(H3,61,62,63)(H2,70,72,88)/t37-,40+,41+,42+,43+,44-,45+,46+,47+/m1/s1. The highest BCUT2D eigenvalue weighted by Gasteiger charge is 2.44. The lowest BCUT2D eigenvalue weighted by atomic mass is 10.0. The number of phenolic OH excluding ortho intramolecular Hbond substituents is 1. The van der Waals surface area contributed by atoms with E-state index in [1.165, 1.54) is 38.2 Å². The van der Waals surface area contributed by atoms with Gasteiger partial charge in [0.1, 0.15) is 54.1 Å². The second-order valence-electron chi connectivity index (χ2n) is 21.7. The molecule has 1 aliphatic rings. The summed E-state index contributed by atoms with van der Waals surface area (Å²) in [5.74, 6) is -9.45. The first-order chi connectivity index (χ1) is 41.8. The molecule has 1 aliphatic heterocycles. The van der Waals surface area contributed by atoms with Gasteiger partial charge in [-0.25, -0.2) is 10.2 Å². The van der Waals surface area contributed by atoms with E-state index in [1.54, 1.807) is 50.4 Å². The monoisotopic (exact) mass is 1220 g/mol. The van der Waals surface area contributed by atoms with E-state index in [0.717, 1.165) is 22.9 Å². The van der Waals surface area contributed by atoms with E-state index >= 15 is 0 Å². The van der Waals surface area contributed by atoms with Crippen molar-refractivity contribution in [1.29, 1.82) is 5.41 Å². The van der Waals surface area contributed by atoms with Gasteiger partial charge in [-0.05, 0) is 60.1 Å². The summed E-state index contributed by atoms with van der Waals surface area (Å²) in [5.41, 5.74) is 18.2. The van der Waals surface area contributed by atoms with Gasteiger partial charge in [0.05, 0.1) is 19.1 Å². The van der Waals surface area contributed by atoms with Crippen LogP contribution in [0.2, 0.25) is 0 Å². The van der Waals surface area contributed by atoms with Crippen molar-refractivity contribution in [1.82, 2.24) is 68.2 Å². The first-order valence-electron chi connectivity index (χ1n) is 28.4. The number of urea groups is 1. The van der Waals surface area contributed by atoms with Crippen LogP contribution in [-0.2, 0) is 67.2 Å². The molecule has 12 amide bonds. The molecule has 30 heteroatoms. The van der Waals surface area contributed by atoms with Crippen LogP contribution in [0, 0.1) is 11.3 Å². The van der Waals surface area contributed by atoms with E-state index in [2.05, 4.69) is 58.4 Å². The lowest BCUT2D eigenvalue weighted by Gasteiger charge is -2.32. The Bertz CT molecular complexity index is 3130. The molecule has 0 saturated carbocycles. The van der Waals surface area contributed by atoms with Crippen LogP contribution in [0.1, 0.15) is 69.6 Å². The topological polar surface area (TPSA) is 467 Å². The first-order valence-corrected chi connectivity index (χ1v) is 28.4. The van der Waals surface area contributed by atoms with E-state index in [0.29, 0.717) is 21.6 Å². The molecule has 3 aromatic carbocycles. The number of rotatable bonds is 30. The van der Waals surface area contributed by atoms with E-state index < -0.39 is 133 Å². The molecule has 88 heavy (non-hydrogen) atoms. The third kappa shape index (κ3) is 20.7. The number of hydrazine groups is 1. The maximum Gasteiger partial charge on any atom is 0.334 e. The number of aliphatic hydroxyl groups is 2. The summed E-state index contributed by atoms with van der Waals surface area (Å²) in [7, 11) is 2.60. The molecular formula is C58H80N16O14. The SMILES string of the molecule is CNC(=N)NCCC[C@H](NC(=O)[C@H](CC(C)C)NC(=O)NNC(=O)[C@H](Cc1ccccc1)NC(=O)[C@H](CO)N(C)C(=O)[C@H](CC(N)=O)NC(=O)[C@@H]1C[C@@H](O)CN1C(=O)[C@@H](Cc1ccc(O)cc1)NC(C)=O)C(=O)N[C@@H](Cc1c[nH]c2ccccc12)C(N)=O. The largest absolute Gasteiger partial charge is 0.508 e. The number of aromatic hydroxyl groups is 1. The molecule has 0 aliphatic carbocycles. The number of aromatic nitrogens is 1. The van der Waals surface area contributed by atoms with Crippen LogP contribution >= 0.6 is 0 Å². The van der Waals surface area contributed by atoms with Gasteiger partial charge in [-0.1, -0.05) is 74.5 Å². The molecule has 1 aromatic heterocycles. The summed E-state index contributed by atoms with van der Waals surface area (Å²) < 4.78 is 0. The summed E-state index contributed by atoms with van der Waals surface area (Å²) in [6.07, 6.45) is -0.743. The average molecular weight is 1230 g/mol. The molecule has 476 valence electrons. The molecule has 5 rings (SSSR count). The number of primary amides is 2. The molecule has 1 saturated heterocycles. The zero-order chi connectivity index (χ0) is 64.8. The van der Waals surface area contributed by atoms with Crippen LogP contribution in [0.3, 0.4) is 0 Å². The minimum absolute atomic E-state index is 0.000254. The number of guanidine groups is 1. The highest BCUT2D eigenvalue weighted by atomic mass is 16.3. The number of aliphatic hydroxyl groups excluding tert-OH is 2. The molecule has 0 spiro atoms. The number of carbonyl (C=O) groups is 11. The van der Waals surface area contributed by atoms with Crippen molar-refractivity contribution in [3.8, 4) is 5.75 Å². The molecule has 19 N–H and O–H groups in total. The van der Waals surface area contributed by atoms with Gasteiger partial charge in [-0.2, -0.15) is 0 Å². The second kappa shape index (κ2) is 33.2. The van der Waals surface area contributed by atoms with Crippen LogP contribution in [0.15, 0.2) is 85.1 Å². The minimum atomic E-state index is -1.82. The normalized spacial score (nSPS) is 16.0. The van der Waals surface area contributed by atoms with E-state index in [1.807, 2.05) is 24.3 Å². The zero-order valence-electron chi connectivity index (χ0n) is 49.5. The molecule has 0 radical (unpaired) electrons. The summed E-state index contributed by atoms with van der Waals surface area (Å²) in [5, 5.41) is 60.4. The Morgan fingerprint density at radius 2 is 1.35 bits per heavy atom. The van der Waals surface area contributed by atoms with Gasteiger partial charge in [0.25, 0.3) is 5.91 Å². The number of para-hydroxylation sites is 1. The molecule has 0 unspecified atom stereocenters. The molecule has 1 fully saturated rings. The van der Waals surface area contributed by atoms with Gasteiger partial charge in [-0.3, -0.25) is 58.8 Å². The maximum absolute atomic E-state index is 14.2. The number of fused-ring (bicyclic) bond motifs is 1. The predicted octanol–water partition coefficient (Wildman–Crippen LogP) is -3.24. The number of amides is 12. The highest BCUT2D eigenvalue weighted by Crippen LogP contribution is 2.23. The summed E-state index contributed by atoms with van der Waals surface area (Å²) in [6, 6.07) is 8.57. The van der Waals surface area contributed by atoms with Gasteiger partial charge in [0.15, 0.2) is 5.96 Å². The van der Waals surface area contributed by atoms with Gasteiger partial charge in [0, 0.05) is 76.9 Å². The third-order valence-electron chi connectivity index (χ3n) is 14.4. The predicted molar refractivity (Wildman–Crippen MR) is 319 cm³/mol. The van der Waals surface area contributed by atoms with Crippen LogP contribution in [0.5, 0.6) is 5.75 Å². The number of carbonyl (C=O) groups excluding carboxylic acids is 11. The smallest absolute Gasteiger partial charge is 0.334 e. The van der Waals surface area contributed by atoms with E-state index in [9.17, 15) is 68.1 Å². The number of nitrogens with one attached hydrogen (secondary N) is 12. The number of likely N-dealkylation sites (tertiary alicyclic amines) is 1. The van der Waals surface area contributed by atoms with Crippen LogP contribution in [-0.4, -0.2) is 189 Å². The number of hydrogen-bond acceptors (Lipinski definition) is 15. The van der Waals surface area contributed by atoms with E-state index in [-0.39, 0.29) is 75.7 Å². The lowest BCUT2D eigenvalue weighted by molar-refractivity contribution is -0.146. The van der Waals surface area contributed by atoms with Crippen molar-refractivity contribution in [3.05, 3.63) is 102 Å². The van der Waals surface area contributed by atoms with Crippen molar-refractivity contribution in [2.24, 2.45) is 17.4 Å². The maximum atomic E-state index is 14.2. The van der Waals surface area contributed by atoms with Crippen molar-refractivity contribution in [2.75, 3.05) is 33.8 Å². The Balaban J connectivity index is 1.28.